The van der Waals surface area contributed by atoms with Crippen LogP contribution in [0, 0.1) is 0 Å². The van der Waals surface area contributed by atoms with Gasteiger partial charge in [-0.25, -0.2) is 4.79 Å². The average molecular weight is 349 g/mol. The number of esters is 1. The van der Waals surface area contributed by atoms with Crippen LogP contribution in [-0.4, -0.2) is 30.5 Å². The molecule has 6 nitrogen and oxygen atoms in total. The van der Waals surface area contributed by atoms with E-state index in [1.807, 2.05) is 18.2 Å². The maximum atomic E-state index is 12.7. The van der Waals surface area contributed by atoms with Crippen LogP contribution in [0.25, 0.3) is 10.9 Å². The molecule has 3 aromatic rings. The molecular weight excluding hydrogens is 330 g/mol. The van der Waals surface area contributed by atoms with Crippen molar-refractivity contribution >= 4 is 34.2 Å². The van der Waals surface area contributed by atoms with Gasteiger partial charge in [0.15, 0.2) is 0 Å². The maximum Gasteiger partial charge on any atom is 0.340 e. The van der Waals surface area contributed by atoms with Crippen LogP contribution in [0.15, 0.2) is 42.6 Å². The summed E-state index contributed by atoms with van der Waals surface area (Å²) in [7, 11) is 1.35. The van der Waals surface area contributed by atoms with E-state index in [1.54, 1.807) is 18.3 Å². The van der Waals surface area contributed by atoms with Gasteiger partial charge in [-0.2, -0.15) is 0 Å². The molecule has 0 saturated carbocycles. The second kappa shape index (κ2) is 6.55. The summed E-state index contributed by atoms with van der Waals surface area (Å²) in [6.07, 6.45) is 3.66. The third-order valence-corrected chi connectivity index (χ3v) is 4.66. The summed E-state index contributed by atoms with van der Waals surface area (Å²) in [6.45, 7) is 0.877. The number of aromatic nitrogens is 1. The van der Waals surface area contributed by atoms with Crippen molar-refractivity contribution in [1.29, 1.82) is 0 Å². The van der Waals surface area contributed by atoms with E-state index in [0.29, 0.717) is 16.8 Å². The number of hydrogen-bond acceptors (Lipinski definition) is 4. The number of ether oxygens (including phenoxy) is 1. The lowest BCUT2D eigenvalue weighted by molar-refractivity contribution is 0.0603. The molecule has 1 amide bonds. The predicted octanol–water partition coefficient (Wildman–Crippen LogP) is 3.56. The van der Waals surface area contributed by atoms with Gasteiger partial charge in [0.05, 0.1) is 23.9 Å². The Morgan fingerprint density at radius 3 is 2.88 bits per heavy atom. The highest BCUT2D eigenvalue weighted by Gasteiger charge is 2.18. The zero-order chi connectivity index (χ0) is 18.1. The molecule has 2 aromatic carbocycles. The van der Waals surface area contributed by atoms with E-state index in [4.69, 9.17) is 4.74 Å². The summed E-state index contributed by atoms with van der Waals surface area (Å²) in [6, 6.07) is 11.2. The Balaban J connectivity index is 1.61. The van der Waals surface area contributed by atoms with Crippen LogP contribution in [0.4, 0.5) is 11.4 Å². The Hall–Kier alpha value is -3.28. The van der Waals surface area contributed by atoms with Crippen molar-refractivity contribution in [1.82, 2.24) is 4.98 Å². The standard InChI is InChI=1S/C20H19N3O3/c1-26-20(25)16-11-22-17-10-13(7-8-14(16)17)23-19(24)15-6-2-4-12-5-3-9-21-18(12)15/h2,4,6-8,10-11,21-22H,3,5,9H2,1H3,(H,23,24). The van der Waals surface area contributed by atoms with Gasteiger partial charge in [-0.15, -0.1) is 0 Å². The number of carbonyl (C=O) groups excluding carboxylic acids is 2. The van der Waals surface area contributed by atoms with Crippen LogP contribution in [0.5, 0.6) is 0 Å². The summed E-state index contributed by atoms with van der Waals surface area (Å²) >= 11 is 0. The third-order valence-electron chi connectivity index (χ3n) is 4.66. The van der Waals surface area contributed by atoms with E-state index < -0.39 is 5.97 Å². The topological polar surface area (TPSA) is 83.2 Å². The molecule has 0 radical (unpaired) electrons. The molecule has 0 spiro atoms. The number of carbonyl (C=O) groups is 2. The zero-order valence-electron chi connectivity index (χ0n) is 14.4. The number of aromatic amines is 1. The van der Waals surface area contributed by atoms with E-state index in [0.717, 1.165) is 36.0 Å². The zero-order valence-corrected chi connectivity index (χ0v) is 14.4. The first kappa shape index (κ1) is 16.2. The van der Waals surface area contributed by atoms with E-state index in [9.17, 15) is 9.59 Å². The molecule has 0 fully saturated rings. The van der Waals surface area contributed by atoms with Crippen molar-refractivity contribution in [3.05, 3.63) is 59.3 Å². The van der Waals surface area contributed by atoms with Gasteiger partial charge in [0.1, 0.15) is 0 Å². The second-order valence-electron chi connectivity index (χ2n) is 6.28. The summed E-state index contributed by atoms with van der Waals surface area (Å²) in [4.78, 5) is 27.5. The molecule has 1 aliphatic heterocycles. The van der Waals surface area contributed by atoms with Gasteiger partial charge in [0, 0.05) is 29.3 Å². The molecular formula is C20H19N3O3. The fourth-order valence-corrected chi connectivity index (χ4v) is 3.38. The number of fused-ring (bicyclic) bond motifs is 2. The van der Waals surface area contributed by atoms with Gasteiger partial charge in [0.25, 0.3) is 5.91 Å². The number of aryl methyl sites for hydroxylation is 1. The molecule has 1 aromatic heterocycles. The van der Waals surface area contributed by atoms with E-state index in [2.05, 4.69) is 21.7 Å². The third kappa shape index (κ3) is 2.79. The first-order chi connectivity index (χ1) is 12.7. The fourth-order valence-electron chi connectivity index (χ4n) is 3.38. The van der Waals surface area contributed by atoms with Crippen LogP contribution in [0.1, 0.15) is 32.7 Å². The van der Waals surface area contributed by atoms with Crippen molar-refractivity contribution in [3.8, 4) is 0 Å². The molecule has 0 saturated heterocycles. The van der Waals surface area contributed by atoms with Crippen LogP contribution < -0.4 is 10.6 Å². The first-order valence-electron chi connectivity index (χ1n) is 8.54. The summed E-state index contributed by atoms with van der Waals surface area (Å²) in [5.41, 5.74) is 4.63. The quantitative estimate of drug-likeness (QED) is 0.631. The molecule has 6 heteroatoms. The van der Waals surface area contributed by atoms with E-state index >= 15 is 0 Å². The predicted molar refractivity (Wildman–Crippen MR) is 101 cm³/mol. The van der Waals surface area contributed by atoms with Crippen molar-refractivity contribution in [3.63, 3.8) is 0 Å². The monoisotopic (exact) mass is 349 g/mol. The molecule has 3 N–H and O–H groups in total. The van der Waals surface area contributed by atoms with Crippen LogP contribution in [0.3, 0.4) is 0 Å². The normalized spacial score (nSPS) is 13.0. The molecule has 26 heavy (non-hydrogen) atoms. The van der Waals surface area contributed by atoms with Crippen LogP contribution >= 0.6 is 0 Å². The molecule has 1 aliphatic rings. The van der Waals surface area contributed by atoms with Gasteiger partial charge in [-0.3, -0.25) is 4.79 Å². The minimum Gasteiger partial charge on any atom is -0.465 e. The van der Waals surface area contributed by atoms with E-state index in [1.165, 1.54) is 12.7 Å². The van der Waals surface area contributed by atoms with Crippen molar-refractivity contribution in [2.45, 2.75) is 12.8 Å². The lowest BCUT2D eigenvalue weighted by Gasteiger charge is -2.20. The van der Waals surface area contributed by atoms with Crippen LogP contribution in [-0.2, 0) is 11.2 Å². The second-order valence-corrected chi connectivity index (χ2v) is 6.28. The highest BCUT2D eigenvalue weighted by Crippen LogP contribution is 2.28. The van der Waals surface area contributed by atoms with Gasteiger partial charge in [-0.1, -0.05) is 12.1 Å². The Morgan fingerprint density at radius 2 is 2.04 bits per heavy atom. The molecule has 0 atom stereocenters. The molecule has 132 valence electrons. The number of benzene rings is 2. The number of H-pyrrole nitrogens is 1. The van der Waals surface area contributed by atoms with Gasteiger partial charge in [0.2, 0.25) is 0 Å². The average Bonchev–Trinajstić information content (AvgIpc) is 3.10. The number of methoxy groups -OCH3 is 1. The van der Waals surface area contributed by atoms with Crippen LogP contribution in [0.2, 0.25) is 0 Å². The minimum absolute atomic E-state index is 0.157. The van der Waals surface area contributed by atoms with Gasteiger partial charge in [-0.05, 0) is 42.7 Å². The van der Waals surface area contributed by atoms with Crippen molar-refractivity contribution in [2.24, 2.45) is 0 Å². The molecule has 0 aliphatic carbocycles. The number of hydrogen-bond donors (Lipinski definition) is 3. The molecule has 4 rings (SSSR count). The maximum absolute atomic E-state index is 12.7. The Bertz CT molecular complexity index is 1010. The smallest absolute Gasteiger partial charge is 0.340 e. The number of amides is 1. The first-order valence-corrected chi connectivity index (χ1v) is 8.54. The summed E-state index contributed by atoms with van der Waals surface area (Å²) in [5.74, 6) is -0.551. The molecule has 2 heterocycles. The lowest BCUT2D eigenvalue weighted by atomic mass is 9.99. The Morgan fingerprint density at radius 1 is 1.15 bits per heavy atom. The number of anilines is 2. The van der Waals surface area contributed by atoms with Crippen molar-refractivity contribution in [2.75, 3.05) is 24.3 Å². The molecule has 0 unspecified atom stereocenters. The van der Waals surface area contributed by atoms with E-state index in [-0.39, 0.29) is 5.91 Å². The van der Waals surface area contributed by atoms with Gasteiger partial charge >= 0.3 is 5.97 Å². The summed E-state index contributed by atoms with van der Waals surface area (Å²) < 4.78 is 4.77. The Labute approximate surface area is 150 Å². The highest BCUT2D eigenvalue weighted by atomic mass is 16.5. The SMILES string of the molecule is COC(=O)c1c[nH]c2cc(NC(=O)c3cccc4c3NCCC4)ccc12. The number of para-hydroxylation sites is 1. The summed E-state index contributed by atoms with van der Waals surface area (Å²) in [5, 5.41) is 7.03. The van der Waals surface area contributed by atoms with Gasteiger partial charge < -0.3 is 20.4 Å². The minimum atomic E-state index is -0.393. The molecule has 0 bridgehead atoms. The number of rotatable bonds is 3. The lowest BCUT2D eigenvalue weighted by Crippen LogP contribution is -2.19. The largest absolute Gasteiger partial charge is 0.465 e. The Kier molecular flexibility index (Phi) is 4.08. The fraction of sp³-hybridized carbons (Fsp3) is 0.200. The van der Waals surface area contributed by atoms with Crippen molar-refractivity contribution < 1.29 is 14.3 Å². The number of nitrogens with one attached hydrogen (secondary N) is 3. The highest BCUT2D eigenvalue weighted by molar-refractivity contribution is 6.10.